The fraction of sp³-hybridized carbons (Fsp3) is 0.750. The van der Waals surface area contributed by atoms with Crippen LogP contribution in [0.4, 0.5) is 0 Å². The van der Waals surface area contributed by atoms with E-state index < -0.39 is 34.4 Å². The third-order valence-electron chi connectivity index (χ3n) is 4.42. The summed E-state index contributed by atoms with van der Waals surface area (Å²) in [4.78, 5) is 0. The van der Waals surface area contributed by atoms with Crippen LogP contribution in [0.25, 0.3) is 0 Å². The first kappa shape index (κ1) is 28.5. The van der Waals surface area contributed by atoms with E-state index in [1.54, 1.807) is 41.5 Å². The highest BCUT2D eigenvalue weighted by molar-refractivity contribution is 7.48. The van der Waals surface area contributed by atoms with Crippen molar-refractivity contribution in [3.05, 3.63) is 29.3 Å². The maximum atomic E-state index is 13.3. The van der Waals surface area contributed by atoms with Crippen molar-refractivity contribution in [3.8, 4) is 5.75 Å². The largest absolute Gasteiger partial charge is 0.478 e. The maximum Gasteiger partial charge on any atom is 0.478 e. The molecule has 190 valence electrons. The Morgan fingerprint density at radius 2 is 1.52 bits per heavy atom. The van der Waals surface area contributed by atoms with Crippen LogP contribution in [0.5, 0.6) is 5.75 Å². The molecule has 0 N–H and O–H groups in total. The van der Waals surface area contributed by atoms with Crippen LogP contribution in [0.15, 0.2) is 18.2 Å². The topological polar surface area (TPSA) is 75.8 Å². The molecule has 7 nitrogen and oxygen atoms in total. The summed E-state index contributed by atoms with van der Waals surface area (Å²) in [7, 11) is -4.69. The summed E-state index contributed by atoms with van der Waals surface area (Å²) in [6, 6.07) is 5.94. The predicted molar refractivity (Wildman–Crippen MR) is 133 cm³/mol. The predicted octanol–water partition coefficient (Wildman–Crippen LogP) is 6.40. The fourth-order valence-electron chi connectivity index (χ4n) is 2.96. The summed E-state index contributed by atoms with van der Waals surface area (Å²) in [5, 5.41) is 0.153. The van der Waals surface area contributed by atoms with Crippen molar-refractivity contribution in [2.45, 2.75) is 104 Å². The lowest BCUT2D eigenvalue weighted by atomic mass is 9.94. The third kappa shape index (κ3) is 10.2. The van der Waals surface area contributed by atoms with Crippen molar-refractivity contribution < 1.29 is 32.0 Å². The van der Waals surface area contributed by atoms with E-state index in [1.807, 2.05) is 26.0 Å². The van der Waals surface area contributed by atoms with Gasteiger partial charge in [0.05, 0.1) is 23.4 Å². The SMILES string of the molecule is CC(C)(C)OP(=O)(OCOc1ccc(C2CO2)cc1C(C)(C)O[SiH2]C(C)(C)C)OC(C)(C)C. The minimum atomic E-state index is -3.87. The van der Waals surface area contributed by atoms with Gasteiger partial charge in [-0.3, -0.25) is 9.05 Å². The van der Waals surface area contributed by atoms with E-state index in [9.17, 15) is 4.57 Å². The molecule has 0 amide bonds. The van der Waals surface area contributed by atoms with Crippen LogP contribution in [0.3, 0.4) is 0 Å². The van der Waals surface area contributed by atoms with Gasteiger partial charge < -0.3 is 13.9 Å². The van der Waals surface area contributed by atoms with Crippen molar-refractivity contribution in [2.75, 3.05) is 13.4 Å². The minimum Gasteiger partial charge on any atom is -0.467 e. The molecular formula is C24H43O7PSi. The Kier molecular flexibility index (Phi) is 8.72. The summed E-state index contributed by atoms with van der Waals surface area (Å²) in [6.45, 7) is 21.9. The standard InChI is InChI=1S/C24H43O7PSi/c1-21(2,3)29-32(25,30-22(4,5)6)28-16-27-19-13-12-17(20-15-26-20)14-18(19)24(10,11)31-33-23(7,8)9/h12-14,20H,15-16,33H2,1-11H3. The Balaban J connectivity index is 2.22. The van der Waals surface area contributed by atoms with E-state index in [4.69, 9.17) is 27.5 Å². The van der Waals surface area contributed by atoms with Crippen LogP contribution < -0.4 is 4.74 Å². The van der Waals surface area contributed by atoms with Gasteiger partial charge in [-0.25, -0.2) is 9.09 Å². The Labute approximate surface area is 202 Å². The minimum absolute atomic E-state index is 0.116. The van der Waals surface area contributed by atoms with Gasteiger partial charge in [0.25, 0.3) is 0 Å². The van der Waals surface area contributed by atoms with Gasteiger partial charge in [-0.2, -0.15) is 0 Å². The number of epoxide rings is 1. The Morgan fingerprint density at radius 1 is 0.970 bits per heavy atom. The second-order valence-electron chi connectivity index (χ2n) is 12.2. The molecular weight excluding hydrogens is 459 g/mol. The van der Waals surface area contributed by atoms with Crippen molar-refractivity contribution in [2.24, 2.45) is 0 Å². The summed E-state index contributed by atoms with van der Waals surface area (Å²) in [5.41, 5.74) is -0.00612. The van der Waals surface area contributed by atoms with Crippen molar-refractivity contribution in [3.63, 3.8) is 0 Å². The molecule has 1 aromatic rings. The van der Waals surface area contributed by atoms with Crippen LogP contribution in [0.2, 0.25) is 5.04 Å². The van der Waals surface area contributed by atoms with Gasteiger partial charge in [0, 0.05) is 5.56 Å². The molecule has 9 heteroatoms. The van der Waals surface area contributed by atoms with Gasteiger partial charge in [0.1, 0.15) is 11.9 Å². The van der Waals surface area contributed by atoms with Crippen LogP contribution >= 0.6 is 7.82 Å². The first-order chi connectivity index (χ1) is 14.8. The third-order valence-corrected chi connectivity index (χ3v) is 8.12. The van der Waals surface area contributed by atoms with Gasteiger partial charge in [-0.1, -0.05) is 26.8 Å². The molecule has 1 heterocycles. The lowest BCUT2D eigenvalue weighted by molar-refractivity contribution is -0.0196. The smallest absolute Gasteiger partial charge is 0.467 e. The fourth-order valence-corrected chi connectivity index (χ4v) is 5.57. The molecule has 0 saturated carbocycles. The van der Waals surface area contributed by atoms with Gasteiger partial charge >= 0.3 is 7.82 Å². The van der Waals surface area contributed by atoms with Gasteiger partial charge in [-0.05, 0) is 78.1 Å². The molecule has 33 heavy (non-hydrogen) atoms. The number of rotatable bonds is 10. The van der Waals surface area contributed by atoms with Gasteiger partial charge in [0.15, 0.2) is 16.6 Å². The molecule has 1 aliphatic heterocycles. The molecule has 1 aromatic carbocycles. The first-order valence-electron chi connectivity index (χ1n) is 11.5. The van der Waals surface area contributed by atoms with Crippen LogP contribution in [-0.2, 0) is 32.9 Å². The number of phosphoric acid groups is 1. The number of hydrogen-bond acceptors (Lipinski definition) is 7. The molecule has 0 radical (unpaired) electrons. The first-order valence-corrected chi connectivity index (χ1v) is 14.2. The average Bonchev–Trinajstić information content (AvgIpc) is 3.41. The lowest BCUT2D eigenvalue weighted by Gasteiger charge is -2.33. The Morgan fingerprint density at radius 3 is 1.97 bits per heavy atom. The van der Waals surface area contributed by atoms with E-state index in [1.165, 1.54) is 0 Å². The second kappa shape index (κ2) is 10.1. The number of phosphoric ester groups is 1. The summed E-state index contributed by atoms with van der Waals surface area (Å²) >= 11 is 0. The molecule has 0 bridgehead atoms. The number of hydrogen-bond donors (Lipinski definition) is 0. The molecule has 1 saturated heterocycles. The van der Waals surface area contributed by atoms with E-state index in [-0.39, 0.29) is 17.9 Å². The number of ether oxygens (including phenoxy) is 2. The van der Waals surface area contributed by atoms with Crippen LogP contribution in [-0.4, -0.2) is 34.4 Å². The van der Waals surface area contributed by atoms with Gasteiger partial charge in [0.2, 0.25) is 0 Å². The van der Waals surface area contributed by atoms with Crippen molar-refractivity contribution in [1.29, 1.82) is 0 Å². The van der Waals surface area contributed by atoms with Crippen molar-refractivity contribution in [1.82, 2.24) is 0 Å². The monoisotopic (exact) mass is 502 g/mol. The average molecular weight is 503 g/mol. The second-order valence-corrected chi connectivity index (χ2v) is 16.4. The molecule has 0 aliphatic carbocycles. The lowest BCUT2D eigenvalue weighted by Crippen LogP contribution is -2.28. The molecule has 0 spiro atoms. The molecule has 1 fully saturated rings. The van der Waals surface area contributed by atoms with E-state index in [0.29, 0.717) is 5.75 Å². The Bertz CT molecular complexity index is 826. The highest BCUT2D eigenvalue weighted by Gasteiger charge is 2.38. The summed E-state index contributed by atoms with van der Waals surface area (Å²) in [5.74, 6) is 0.602. The molecule has 1 atom stereocenters. The molecule has 2 rings (SSSR count). The quantitative estimate of drug-likeness (QED) is 0.158. The van der Waals surface area contributed by atoms with E-state index in [2.05, 4.69) is 26.8 Å². The maximum absolute atomic E-state index is 13.3. The molecule has 0 aromatic heterocycles. The van der Waals surface area contributed by atoms with Crippen LogP contribution in [0, 0.1) is 0 Å². The summed E-state index contributed by atoms with van der Waals surface area (Å²) in [6.07, 6.45) is 0.116. The van der Waals surface area contributed by atoms with E-state index in [0.717, 1.165) is 17.7 Å². The van der Waals surface area contributed by atoms with E-state index >= 15 is 0 Å². The normalized spacial score (nSPS) is 18.2. The molecule has 1 aliphatic rings. The van der Waals surface area contributed by atoms with Crippen molar-refractivity contribution >= 4 is 17.6 Å². The zero-order chi connectivity index (χ0) is 25.3. The highest BCUT2D eigenvalue weighted by Crippen LogP contribution is 2.55. The highest BCUT2D eigenvalue weighted by atomic mass is 31.2. The van der Waals surface area contributed by atoms with Crippen LogP contribution in [0.1, 0.15) is 93.4 Å². The zero-order valence-corrected chi connectivity index (χ0v) is 24.5. The summed E-state index contributed by atoms with van der Waals surface area (Å²) < 4.78 is 48.1. The Hall–Kier alpha value is -0.733. The number of benzene rings is 1. The zero-order valence-electron chi connectivity index (χ0n) is 22.2. The molecule has 1 unspecified atom stereocenters. The van der Waals surface area contributed by atoms with Gasteiger partial charge in [-0.15, -0.1) is 0 Å².